The predicted octanol–water partition coefficient (Wildman–Crippen LogP) is 4.88. The molecule has 1 aliphatic rings. The Hall–Kier alpha value is -2.36. The fourth-order valence-corrected chi connectivity index (χ4v) is 3.10. The number of ether oxygens (including phenoxy) is 1. The molecule has 0 bridgehead atoms. The molecule has 1 aromatic carbocycles. The van der Waals surface area contributed by atoms with Gasteiger partial charge in [0.25, 0.3) is 0 Å². The van der Waals surface area contributed by atoms with E-state index in [-0.39, 0.29) is 23.2 Å². The van der Waals surface area contributed by atoms with E-state index in [2.05, 4.69) is 6.08 Å². The lowest BCUT2D eigenvalue weighted by atomic mass is 9.97. The smallest absolute Gasteiger partial charge is 0.310 e. The number of hydrogen-bond acceptors (Lipinski definition) is 4. The summed E-state index contributed by atoms with van der Waals surface area (Å²) in [6.07, 6.45) is 6.45. The lowest BCUT2D eigenvalue weighted by molar-refractivity contribution is -0.145. The second-order valence-corrected chi connectivity index (χ2v) is 8.14. The van der Waals surface area contributed by atoms with E-state index < -0.39 is 0 Å². The van der Waals surface area contributed by atoms with Crippen LogP contribution in [0, 0.1) is 5.41 Å². The van der Waals surface area contributed by atoms with Crippen LogP contribution in [-0.4, -0.2) is 12.6 Å². The molecule has 0 saturated carbocycles. The Bertz CT molecular complexity index is 896. The first-order chi connectivity index (χ1) is 12.3. The maximum Gasteiger partial charge on any atom is 0.310 e. The Balaban J connectivity index is 1.93. The fourth-order valence-electron chi connectivity index (χ4n) is 3.10. The van der Waals surface area contributed by atoms with Gasteiger partial charge in [-0.15, -0.1) is 0 Å². The van der Waals surface area contributed by atoms with Crippen LogP contribution in [0.15, 0.2) is 39.6 Å². The molecule has 1 aliphatic carbocycles. The van der Waals surface area contributed by atoms with E-state index in [1.54, 1.807) is 18.2 Å². The lowest BCUT2D eigenvalue weighted by Gasteiger charge is -2.18. The SMILES string of the molecule is CC(C)(C)COC(=O)Cc1cccc2c(=O)cc(C3=CCCCC3)oc12. The van der Waals surface area contributed by atoms with Crippen molar-refractivity contribution in [2.45, 2.75) is 52.9 Å². The van der Waals surface area contributed by atoms with Gasteiger partial charge in [0.1, 0.15) is 11.3 Å². The molecule has 26 heavy (non-hydrogen) atoms. The second-order valence-electron chi connectivity index (χ2n) is 8.14. The average Bonchev–Trinajstić information content (AvgIpc) is 2.61. The van der Waals surface area contributed by atoms with Gasteiger partial charge in [0.15, 0.2) is 5.43 Å². The predicted molar refractivity (Wildman–Crippen MR) is 103 cm³/mol. The Morgan fingerprint density at radius 1 is 1.23 bits per heavy atom. The molecule has 0 saturated heterocycles. The number of fused-ring (bicyclic) bond motifs is 1. The van der Waals surface area contributed by atoms with Gasteiger partial charge in [-0.05, 0) is 42.7 Å². The lowest BCUT2D eigenvalue weighted by Crippen LogP contribution is -2.19. The molecule has 0 radical (unpaired) electrons. The van der Waals surface area contributed by atoms with E-state index in [0.29, 0.717) is 28.9 Å². The molecule has 0 fully saturated rings. The minimum Gasteiger partial charge on any atom is -0.465 e. The van der Waals surface area contributed by atoms with Gasteiger partial charge in [0.2, 0.25) is 0 Å². The van der Waals surface area contributed by atoms with Crippen molar-refractivity contribution >= 4 is 22.5 Å². The topological polar surface area (TPSA) is 56.5 Å². The Kier molecular flexibility index (Phi) is 5.30. The Labute approximate surface area is 153 Å². The third-order valence-corrected chi connectivity index (χ3v) is 4.44. The molecule has 138 valence electrons. The third kappa shape index (κ3) is 4.43. The zero-order chi connectivity index (χ0) is 18.7. The van der Waals surface area contributed by atoms with Crippen LogP contribution in [0.2, 0.25) is 0 Å². The van der Waals surface area contributed by atoms with Gasteiger partial charge in [-0.2, -0.15) is 0 Å². The third-order valence-electron chi connectivity index (χ3n) is 4.44. The van der Waals surface area contributed by atoms with Gasteiger partial charge >= 0.3 is 5.97 Å². The van der Waals surface area contributed by atoms with Crippen molar-refractivity contribution in [2.24, 2.45) is 5.41 Å². The van der Waals surface area contributed by atoms with Crippen molar-refractivity contribution < 1.29 is 13.9 Å². The van der Waals surface area contributed by atoms with Crippen LogP contribution in [-0.2, 0) is 16.0 Å². The maximum atomic E-state index is 12.5. The zero-order valence-corrected chi connectivity index (χ0v) is 15.8. The highest BCUT2D eigenvalue weighted by Crippen LogP contribution is 2.29. The molecule has 0 amide bonds. The first-order valence-electron chi connectivity index (χ1n) is 9.24. The van der Waals surface area contributed by atoms with E-state index in [4.69, 9.17) is 9.15 Å². The summed E-state index contributed by atoms with van der Waals surface area (Å²) >= 11 is 0. The Morgan fingerprint density at radius 2 is 2.04 bits per heavy atom. The molecular formula is C22H26O4. The van der Waals surface area contributed by atoms with Gasteiger partial charge in [-0.3, -0.25) is 9.59 Å². The van der Waals surface area contributed by atoms with Crippen LogP contribution in [0.1, 0.15) is 57.8 Å². The maximum absolute atomic E-state index is 12.5. The normalized spacial score (nSPS) is 15.0. The second kappa shape index (κ2) is 7.48. The number of para-hydroxylation sites is 1. The molecular weight excluding hydrogens is 328 g/mol. The van der Waals surface area contributed by atoms with Crippen LogP contribution in [0.3, 0.4) is 0 Å². The van der Waals surface area contributed by atoms with Crippen LogP contribution in [0.25, 0.3) is 16.5 Å². The van der Waals surface area contributed by atoms with Gasteiger partial charge in [-0.25, -0.2) is 0 Å². The van der Waals surface area contributed by atoms with Crippen LogP contribution in [0.4, 0.5) is 0 Å². The molecule has 3 rings (SSSR count). The summed E-state index contributed by atoms with van der Waals surface area (Å²) in [5, 5.41) is 0.506. The van der Waals surface area contributed by atoms with Gasteiger partial charge in [0.05, 0.1) is 18.4 Å². The van der Waals surface area contributed by atoms with E-state index in [9.17, 15) is 9.59 Å². The Morgan fingerprint density at radius 3 is 2.73 bits per heavy atom. The summed E-state index contributed by atoms with van der Waals surface area (Å²) in [6, 6.07) is 6.92. The molecule has 0 unspecified atom stereocenters. The van der Waals surface area contributed by atoms with Crippen molar-refractivity contribution in [3.63, 3.8) is 0 Å². The first-order valence-corrected chi connectivity index (χ1v) is 9.24. The van der Waals surface area contributed by atoms with E-state index in [1.165, 1.54) is 6.42 Å². The van der Waals surface area contributed by atoms with Gasteiger partial charge in [0, 0.05) is 11.6 Å². The highest BCUT2D eigenvalue weighted by Gasteiger charge is 2.17. The van der Waals surface area contributed by atoms with Crippen molar-refractivity contribution in [3.8, 4) is 0 Å². The van der Waals surface area contributed by atoms with E-state index in [0.717, 1.165) is 24.8 Å². The fraction of sp³-hybridized carbons (Fsp3) is 0.455. The number of carbonyl (C=O) groups excluding carboxylic acids is 1. The van der Waals surface area contributed by atoms with Crippen LogP contribution < -0.4 is 5.43 Å². The summed E-state index contributed by atoms with van der Waals surface area (Å²) in [5.41, 5.74) is 2.12. The molecule has 0 spiro atoms. The highest BCUT2D eigenvalue weighted by atomic mass is 16.5. The van der Waals surface area contributed by atoms with Crippen molar-refractivity contribution in [3.05, 3.63) is 51.9 Å². The monoisotopic (exact) mass is 354 g/mol. The van der Waals surface area contributed by atoms with Crippen LogP contribution >= 0.6 is 0 Å². The summed E-state index contributed by atoms with van der Waals surface area (Å²) in [6.45, 7) is 6.41. The number of allylic oxidation sites excluding steroid dienone is 2. The van der Waals surface area contributed by atoms with E-state index >= 15 is 0 Å². The molecule has 4 heteroatoms. The van der Waals surface area contributed by atoms with Gasteiger partial charge < -0.3 is 9.15 Å². The number of carbonyl (C=O) groups is 1. The average molecular weight is 354 g/mol. The minimum absolute atomic E-state index is 0.0716. The molecule has 0 N–H and O–H groups in total. The van der Waals surface area contributed by atoms with Crippen molar-refractivity contribution in [1.82, 2.24) is 0 Å². The number of rotatable bonds is 4. The first kappa shape index (κ1) is 18.4. The molecule has 1 aromatic heterocycles. The summed E-state index contributed by atoms with van der Waals surface area (Å²) in [4.78, 5) is 24.8. The quantitative estimate of drug-likeness (QED) is 0.734. The minimum atomic E-state index is -0.308. The summed E-state index contributed by atoms with van der Waals surface area (Å²) in [7, 11) is 0. The molecule has 2 aromatic rings. The standard InChI is InChI=1S/C22H26O4/c1-22(2,3)14-25-20(24)12-16-10-7-11-17-18(23)13-19(26-21(16)17)15-8-5-4-6-9-15/h7-8,10-11,13H,4-6,9,12,14H2,1-3H3. The van der Waals surface area contributed by atoms with Crippen molar-refractivity contribution in [1.29, 1.82) is 0 Å². The number of benzene rings is 1. The largest absolute Gasteiger partial charge is 0.465 e. The molecule has 0 aliphatic heterocycles. The van der Waals surface area contributed by atoms with Crippen LogP contribution in [0.5, 0.6) is 0 Å². The van der Waals surface area contributed by atoms with Gasteiger partial charge in [-0.1, -0.05) is 39.0 Å². The molecule has 0 atom stereocenters. The zero-order valence-electron chi connectivity index (χ0n) is 15.8. The molecule has 4 nitrogen and oxygen atoms in total. The summed E-state index contributed by atoms with van der Waals surface area (Å²) in [5.74, 6) is 0.315. The molecule has 1 heterocycles. The highest BCUT2D eigenvalue weighted by molar-refractivity contribution is 5.85. The van der Waals surface area contributed by atoms with E-state index in [1.807, 2.05) is 26.8 Å². The van der Waals surface area contributed by atoms with Crippen molar-refractivity contribution in [2.75, 3.05) is 6.61 Å². The summed E-state index contributed by atoms with van der Waals surface area (Å²) < 4.78 is 11.4. The number of hydrogen-bond donors (Lipinski definition) is 0. The number of esters is 1.